The third-order valence-corrected chi connectivity index (χ3v) is 3.70. The molecule has 0 atom stereocenters. The van der Waals surface area contributed by atoms with Gasteiger partial charge in [0.15, 0.2) is 0 Å². The van der Waals surface area contributed by atoms with Crippen molar-refractivity contribution < 1.29 is 14.0 Å². The SMILES string of the molecule is Cc1ccc(CN(C)C(=O)Cn2cc(NC(=O)c3ccccn3)cn2)o1. The zero-order valence-electron chi connectivity index (χ0n) is 14.5. The van der Waals surface area contributed by atoms with E-state index < -0.39 is 0 Å². The molecule has 0 aliphatic carbocycles. The molecular weight excluding hydrogens is 334 g/mol. The molecule has 0 aliphatic rings. The largest absolute Gasteiger partial charge is 0.464 e. The number of aromatic nitrogens is 3. The van der Waals surface area contributed by atoms with Crippen LogP contribution in [-0.4, -0.2) is 38.5 Å². The van der Waals surface area contributed by atoms with E-state index >= 15 is 0 Å². The lowest BCUT2D eigenvalue weighted by molar-refractivity contribution is -0.131. The summed E-state index contributed by atoms with van der Waals surface area (Å²) in [4.78, 5) is 29.9. The van der Waals surface area contributed by atoms with Crippen LogP contribution in [0.15, 0.2) is 53.3 Å². The van der Waals surface area contributed by atoms with E-state index in [0.29, 0.717) is 17.9 Å². The average molecular weight is 353 g/mol. The highest BCUT2D eigenvalue weighted by Crippen LogP contribution is 2.10. The fourth-order valence-corrected chi connectivity index (χ4v) is 2.36. The summed E-state index contributed by atoms with van der Waals surface area (Å²) in [5, 5.41) is 6.81. The third kappa shape index (κ3) is 4.35. The van der Waals surface area contributed by atoms with Crippen molar-refractivity contribution in [3.63, 3.8) is 0 Å². The van der Waals surface area contributed by atoms with Crippen LogP contribution in [0.2, 0.25) is 0 Å². The summed E-state index contributed by atoms with van der Waals surface area (Å²) in [5.41, 5.74) is 0.808. The lowest BCUT2D eigenvalue weighted by atomic mass is 10.3. The summed E-state index contributed by atoms with van der Waals surface area (Å²) >= 11 is 0. The van der Waals surface area contributed by atoms with E-state index in [0.717, 1.165) is 11.5 Å². The number of amides is 2. The molecule has 26 heavy (non-hydrogen) atoms. The molecule has 0 spiro atoms. The van der Waals surface area contributed by atoms with Crippen LogP contribution >= 0.6 is 0 Å². The molecule has 0 saturated heterocycles. The molecule has 3 aromatic heterocycles. The molecule has 0 saturated carbocycles. The summed E-state index contributed by atoms with van der Waals surface area (Å²) in [6.45, 7) is 2.31. The first kappa shape index (κ1) is 17.4. The van der Waals surface area contributed by atoms with Gasteiger partial charge in [0.1, 0.15) is 23.8 Å². The molecule has 0 aliphatic heterocycles. The van der Waals surface area contributed by atoms with Crippen LogP contribution in [0.5, 0.6) is 0 Å². The van der Waals surface area contributed by atoms with Crippen LogP contribution in [0.4, 0.5) is 5.69 Å². The second-order valence-corrected chi connectivity index (χ2v) is 5.86. The fraction of sp³-hybridized carbons (Fsp3) is 0.222. The summed E-state index contributed by atoms with van der Waals surface area (Å²) in [5.74, 6) is 1.08. The molecule has 3 heterocycles. The Balaban J connectivity index is 1.56. The van der Waals surface area contributed by atoms with Crippen LogP contribution in [0, 0.1) is 6.92 Å². The topological polar surface area (TPSA) is 93.3 Å². The van der Waals surface area contributed by atoms with Crippen LogP contribution in [0.1, 0.15) is 22.0 Å². The molecule has 8 nitrogen and oxygen atoms in total. The first-order valence-corrected chi connectivity index (χ1v) is 8.05. The van der Waals surface area contributed by atoms with Gasteiger partial charge in [-0.1, -0.05) is 6.07 Å². The number of anilines is 1. The number of hydrogen-bond acceptors (Lipinski definition) is 5. The summed E-state index contributed by atoms with van der Waals surface area (Å²) in [6, 6.07) is 8.80. The first-order valence-electron chi connectivity index (χ1n) is 8.05. The Morgan fingerprint density at radius 3 is 2.81 bits per heavy atom. The summed E-state index contributed by atoms with van der Waals surface area (Å²) in [7, 11) is 1.70. The Labute approximate surface area is 150 Å². The van der Waals surface area contributed by atoms with E-state index in [9.17, 15) is 9.59 Å². The van der Waals surface area contributed by atoms with Crippen molar-refractivity contribution >= 4 is 17.5 Å². The number of carbonyl (C=O) groups is 2. The van der Waals surface area contributed by atoms with Gasteiger partial charge in [0, 0.05) is 19.4 Å². The van der Waals surface area contributed by atoms with E-state index in [4.69, 9.17) is 4.42 Å². The highest BCUT2D eigenvalue weighted by atomic mass is 16.3. The van der Waals surface area contributed by atoms with Crippen molar-refractivity contribution in [2.24, 2.45) is 0 Å². The number of carbonyl (C=O) groups excluding carboxylic acids is 2. The molecular formula is C18H19N5O3. The Morgan fingerprint density at radius 2 is 2.12 bits per heavy atom. The summed E-state index contributed by atoms with van der Waals surface area (Å²) < 4.78 is 6.95. The van der Waals surface area contributed by atoms with E-state index in [1.807, 2.05) is 19.1 Å². The van der Waals surface area contributed by atoms with Crippen molar-refractivity contribution in [3.05, 3.63) is 66.1 Å². The number of furan rings is 1. The monoisotopic (exact) mass is 353 g/mol. The molecule has 134 valence electrons. The number of rotatable bonds is 6. The zero-order valence-corrected chi connectivity index (χ0v) is 14.5. The first-order chi connectivity index (χ1) is 12.5. The van der Waals surface area contributed by atoms with Gasteiger partial charge in [-0.2, -0.15) is 5.10 Å². The highest BCUT2D eigenvalue weighted by molar-refractivity contribution is 6.02. The van der Waals surface area contributed by atoms with Crippen molar-refractivity contribution in [2.45, 2.75) is 20.0 Å². The second-order valence-electron chi connectivity index (χ2n) is 5.86. The van der Waals surface area contributed by atoms with Crippen molar-refractivity contribution in [2.75, 3.05) is 12.4 Å². The van der Waals surface area contributed by atoms with E-state index in [1.165, 1.54) is 10.9 Å². The zero-order chi connectivity index (χ0) is 18.5. The molecule has 0 radical (unpaired) electrons. The molecule has 2 amide bonds. The molecule has 0 fully saturated rings. The number of nitrogens with one attached hydrogen (secondary N) is 1. The van der Waals surface area contributed by atoms with Gasteiger partial charge in [-0.15, -0.1) is 0 Å². The van der Waals surface area contributed by atoms with E-state index in [1.54, 1.807) is 42.5 Å². The predicted molar refractivity (Wildman–Crippen MR) is 94.3 cm³/mol. The van der Waals surface area contributed by atoms with Gasteiger partial charge in [0.05, 0.1) is 18.4 Å². The van der Waals surface area contributed by atoms with Crippen LogP contribution in [0.25, 0.3) is 0 Å². The van der Waals surface area contributed by atoms with Crippen LogP contribution in [-0.2, 0) is 17.9 Å². The highest BCUT2D eigenvalue weighted by Gasteiger charge is 2.14. The molecule has 3 aromatic rings. The van der Waals surface area contributed by atoms with Crippen LogP contribution in [0.3, 0.4) is 0 Å². The molecule has 0 bridgehead atoms. The number of nitrogens with zero attached hydrogens (tertiary/aromatic N) is 4. The molecule has 3 rings (SSSR count). The maximum atomic E-state index is 12.3. The second kappa shape index (κ2) is 7.64. The molecule has 1 N–H and O–H groups in total. The standard InChI is InChI=1S/C18H19N5O3/c1-13-6-7-15(26-13)11-22(2)17(24)12-23-10-14(9-20-23)21-18(25)16-5-3-4-8-19-16/h3-10H,11-12H2,1-2H3,(H,21,25). The normalized spacial score (nSPS) is 10.5. The summed E-state index contributed by atoms with van der Waals surface area (Å²) in [6.07, 6.45) is 4.64. The fourth-order valence-electron chi connectivity index (χ4n) is 2.36. The Kier molecular flexibility index (Phi) is 5.12. The Bertz CT molecular complexity index is 900. The average Bonchev–Trinajstić information content (AvgIpc) is 3.24. The number of likely N-dealkylation sites (N-methyl/N-ethyl adjacent to an activating group) is 1. The van der Waals surface area contributed by atoms with Gasteiger partial charge in [0.2, 0.25) is 5.91 Å². The van der Waals surface area contributed by atoms with Gasteiger partial charge in [-0.25, -0.2) is 0 Å². The van der Waals surface area contributed by atoms with Crippen molar-refractivity contribution in [1.29, 1.82) is 0 Å². The molecule has 0 unspecified atom stereocenters. The maximum absolute atomic E-state index is 12.3. The Morgan fingerprint density at radius 1 is 1.27 bits per heavy atom. The predicted octanol–water partition coefficient (Wildman–Crippen LogP) is 2.09. The van der Waals surface area contributed by atoms with Gasteiger partial charge >= 0.3 is 0 Å². The quantitative estimate of drug-likeness (QED) is 0.732. The smallest absolute Gasteiger partial charge is 0.274 e. The minimum absolute atomic E-state index is 0.0651. The lowest BCUT2D eigenvalue weighted by Gasteiger charge is -2.15. The lowest BCUT2D eigenvalue weighted by Crippen LogP contribution is -2.29. The third-order valence-electron chi connectivity index (χ3n) is 3.70. The van der Waals surface area contributed by atoms with Gasteiger partial charge < -0.3 is 14.6 Å². The van der Waals surface area contributed by atoms with Crippen molar-refractivity contribution in [3.8, 4) is 0 Å². The number of aryl methyl sites for hydroxylation is 1. The van der Waals surface area contributed by atoms with E-state index in [2.05, 4.69) is 15.4 Å². The van der Waals surface area contributed by atoms with Gasteiger partial charge in [0.25, 0.3) is 5.91 Å². The van der Waals surface area contributed by atoms with E-state index in [-0.39, 0.29) is 18.4 Å². The minimum Gasteiger partial charge on any atom is -0.464 e. The number of hydrogen-bond donors (Lipinski definition) is 1. The van der Waals surface area contributed by atoms with Crippen LogP contribution < -0.4 is 5.32 Å². The Hall–Kier alpha value is -3.42. The number of pyridine rings is 1. The van der Waals surface area contributed by atoms with Crippen molar-refractivity contribution in [1.82, 2.24) is 19.7 Å². The van der Waals surface area contributed by atoms with Gasteiger partial charge in [-0.3, -0.25) is 19.3 Å². The van der Waals surface area contributed by atoms with Gasteiger partial charge in [-0.05, 0) is 31.2 Å². The maximum Gasteiger partial charge on any atom is 0.274 e. The molecule has 8 heteroatoms. The molecule has 0 aromatic carbocycles. The minimum atomic E-state index is -0.332.